The van der Waals surface area contributed by atoms with Crippen LogP contribution in [0.4, 0.5) is 0 Å². The van der Waals surface area contributed by atoms with Crippen LogP contribution in [-0.4, -0.2) is 40.3 Å². The van der Waals surface area contributed by atoms with E-state index in [-0.39, 0.29) is 5.91 Å². The standard InChI is InChI=1S/C18H22N2O3S/c1-12-16(13(2)23-19-12)11-24-17-8-4-3-7-15(17)18(22)20-9-5-6-14(21)10-20/h3-4,7-8,14,21H,5-6,9-11H2,1-2H3. The highest BCUT2D eigenvalue weighted by Crippen LogP contribution is 2.30. The normalized spacial score (nSPS) is 18.0. The topological polar surface area (TPSA) is 66.6 Å². The summed E-state index contributed by atoms with van der Waals surface area (Å²) in [6, 6.07) is 7.65. The van der Waals surface area contributed by atoms with Crippen LogP contribution in [-0.2, 0) is 5.75 Å². The van der Waals surface area contributed by atoms with E-state index < -0.39 is 6.10 Å². The van der Waals surface area contributed by atoms with Gasteiger partial charge in [-0.05, 0) is 38.8 Å². The summed E-state index contributed by atoms with van der Waals surface area (Å²) in [6.45, 7) is 4.96. The van der Waals surface area contributed by atoms with Crippen LogP contribution in [0.3, 0.4) is 0 Å². The fraction of sp³-hybridized carbons (Fsp3) is 0.444. The molecule has 1 aliphatic rings. The van der Waals surface area contributed by atoms with E-state index in [0.717, 1.165) is 34.8 Å². The van der Waals surface area contributed by atoms with Crippen molar-refractivity contribution in [1.82, 2.24) is 10.1 Å². The van der Waals surface area contributed by atoms with Gasteiger partial charge in [0, 0.05) is 29.3 Å². The van der Waals surface area contributed by atoms with E-state index in [9.17, 15) is 9.90 Å². The number of amides is 1. The molecule has 0 aliphatic carbocycles. The Balaban J connectivity index is 1.76. The number of hydrogen-bond donors (Lipinski definition) is 1. The smallest absolute Gasteiger partial charge is 0.255 e. The Morgan fingerprint density at radius 1 is 1.42 bits per heavy atom. The van der Waals surface area contributed by atoms with E-state index in [0.29, 0.717) is 24.4 Å². The first kappa shape index (κ1) is 17.0. The minimum Gasteiger partial charge on any atom is -0.391 e. The summed E-state index contributed by atoms with van der Waals surface area (Å²) >= 11 is 1.62. The van der Waals surface area contributed by atoms with Gasteiger partial charge in [-0.1, -0.05) is 17.3 Å². The second-order valence-corrected chi connectivity index (χ2v) is 7.15. The first-order valence-corrected chi connectivity index (χ1v) is 9.15. The molecule has 1 aliphatic heterocycles. The number of benzene rings is 1. The van der Waals surface area contributed by atoms with E-state index in [1.165, 1.54) is 0 Å². The minimum atomic E-state index is -0.412. The first-order chi connectivity index (χ1) is 11.6. The Kier molecular flexibility index (Phi) is 5.26. The maximum Gasteiger partial charge on any atom is 0.255 e. The lowest BCUT2D eigenvalue weighted by atomic mass is 10.1. The fourth-order valence-corrected chi connectivity index (χ4v) is 4.13. The molecule has 0 spiro atoms. The zero-order valence-electron chi connectivity index (χ0n) is 14.0. The van der Waals surface area contributed by atoms with Gasteiger partial charge in [-0.25, -0.2) is 0 Å². The highest BCUT2D eigenvalue weighted by Gasteiger charge is 2.24. The number of hydrogen-bond acceptors (Lipinski definition) is 5. The average Bonchev–Trinajstić information content (AvgIpc) is 2.91. The molecule has 3 rings (SSSR count). The number of carbonyl (C=O) groups excluding carboxylic acids is 1. The SMILES string of the molecule is Cc1noc(C)c1CSc1ccccc1C(=O)N1CCCC(O)C1. The molecule has 24 heavy (non-hydrogen) atoms. The minimum absolute atomic E-state index is 0.00406. The molecule has 1 unspecified atom stereocenters. The molecule has 1 aromatic heterocycles. The van der Waals surface area contributed by atoms with Gasteiger partial charge >= 0.3 is 0 Å². The van der Waals surface area contributed by atoms with Crippen molar-refractivity contribution in [1.29, 1.82) is 0 Å². The van der Waals surface area contributed by atoms with Gasteiger partial charge in [0.1, 0.15) is 5.76 Å². The van der Waals surface area contributed by atoms with Gasteiger partial charge in [-0.3, -0.25) is 4.79 Å². The molecule has 1 saturated heterocycles. The van der Waals surface area contributed by atoms with E-state index in [1.54, 1.807) is 16.7 Å². The van der Waals surface area contributed by atoms with E-state index in [4.69, 9.17) is 4.52 Å². The molecule has 5 nitrogen and oxygen atoms in total. The molecule has 0 radical (unpaired) electrons. The maximum absolute atomic E-state index is 12.8. The molecule has 1 aromatic carbocycles. The summed E-state index contributed by atoms with van der Waals surface area (Å²) in [5.41, 5.74) is 2.67. The number of carbonyl (C=O) groups is 1. The summed E-state index contributed by atoms with van der Waals surface area (Å²) < 4.78 is 5.20. The van der Waals surface area contributed by atoms with Crippen molar-refractivity contribution in [2.75, 3.05) is 13.1 Å². The largest absolute Gasteiger partial charge is 0.391 e. The average molecular weight is 346 g/mol. The van der Waals surface area contributed by atoms with E-state index in [2.05, 4.69) is 5.16 Å². The third-order valence-corrected chi connectivity index (χ3v) is 5.45. The summed E-state index contributed by atoms with van der Waals surface area (Å²) in [4.78, 5) is 15.5. The molecule has 1 amide bonds. The van der Waals surface area contributed by atoms with Crippen molar-refractivity contribution in [2.24, 2.45) is 0 Å². The van der Waals surface area contributed by atoms with Crippen LogP contribution in [0.15, 0.2) is 33.7 Å². The predicted octanol–water partition coefficient (Wildman–Crippen LogP) is 3.18. The lowest BCUT2D eigenvalue weighted by Crippen LogP contribution is -2.42. The Bertz CT molecular complexity index is 709. The molecular weight excluding hydrogens is 324 g/mol. The van der Waals surface area contributed by atoms with Crippen molar-refractivity contribution in [2.45, 2.75) is 43.4 Å². The number of aliphatic hydroxyl groups is 1. The Labute approximate surface area is 146 Å². The highest BCUT2D eigenvalue weighted by atomic mass is 32.2. The Morgan fingerprint density at radius 3 is 2.92 bits per heavy atom. The highest BCUT2D eigenvalue weighted by molar-refractivity contribution is 7.98. The van der Waals surface area contributed by atoms with E-state index in [1.807, 2.05) is 38.1 Å². The van der Waals surface area contributed by atoms with Crippen LogP contribution in [0.1, 0.15) is 40.2 Å². The predicted molar refractivity (Wildman–Crippen MR) is 93.1 cm³/mol. The molecule has 0 bridgehead atoms. The number of aryl methyl sites for hydroxylation is 2. The van der Waals surface area contributed by atoms with Gasteiger partial charge in [0.05, 0.1) is 17.4 Å². The molecular formula is C18H22N2O3S. The van der Waals surface area contributed by atoms with Gasteiger partial charge in [-0.2, -0.15) is 0 Å². The van der Waals surface area contributed by atoms with Gasteiger partial charge < -0.3 is 14.5 Å². The number of aliphatic hydroxyl groups excluding tert-OH is 1. The van der Waals surface area contributed by atoms with Crippen molar-refractivity contribution < 1.29 is 14.4 Å². The van der Waals surface area contributed by atoms with Crippen molar-refractivity contribution in [3.05, 3.63) is 46.8 Å². The van der Waals surface area contributed by atoms with Crippen molar-refractivity contribution in [3.8, 4) is 0 Å². The van der Waals surface area contributed by atoms with E-state index >= 15 is 0 Å². The monoisotopic (exact) mass is 346 g/mol. The number of rotatable bonds is 4. The van der Waals surface area contributed by atoms with Crippen molar-refractivity contribution >= 4 is 17.7 Å². The molecule has 2 aromatic rings. The Hall–Kier alpha value is -1.79. The van der Waals surface area contributed by atoms with Crippen LogP contribution < -0.4 is 0 Å². The summed E-state index contributed by atoms with van der Waals surface area (Å²) in [6.07, 6.45) is 1.21. The van der Waals surface area contributed by atoms with Gasteiger partial charge in [0.2, 0.25) is 0 Å². The molecule has 2 heterocycles. The van der Waals surface area contributed by atoms with Crippen molar-refractivity contribution in [3.63, 3.8) is 0 Å². The zero-order valence-corrected chi connectivity index (χ0v) is 14.8. The first-order valence-electron chi connectivity index (χ1n) is 8.17. The molecule has 1 atom stereocenters. The summed E-state index contributed by atoms with van der Waals surface area (Å²) in [7, 11) is 0. The lowest BCUT2D eigenvalue weighted by molar-refractivity contribution is 0.0471. The quantitative estimate of drug-likeness (QED) is 0.861. The number of nitrogens with zero attached hydrogens (tertiary/aromatic N) is 2. The second kappa shape index (κ2) is 7.40. The van der Waals surface area contributed by atoms with Crippen LogP contribution in [0, 0.1) is 13.8 Å². The maximum atomic E-state index is 12.8. The Morgan fingerprint density at radius 2 is 2.21 bits per heavy atom. The van der Waals surface area contributed by atoms with Crippen LogP contribution in [0.5, 0.6) is 0 Å². The lowest BCUT2D eigenvalue weighted by Gasteiger charge is -2.30. The third kappa shape index (κ3) is 3.65. The summed E-state index contributed by atoms with van der Waals surface area (Å²) in [5.74, 6) is 1.53. The number of piperidine rings is 1. The third-order valence-electron chi connectivity index (χ3n) is 4.35. The number of thioether (sulfide) groups is 1. The molecule has 128 valence electrons. The van der Waals surface area contributed by atoms with Crippen LogP contribution >= 0.6 is 11.8 Å². The number of aromatic nitrogens is 1. The summed E-state index contributed by atoms with van der Waals surface area (Å²) in [5, 5.41) is 13.8. The molecule has 1 fully saturated rings. The van der Waals surface area contributed by atoms with Crippen LogP contribution in [0.25, 0.3) is 0 Å². The molecule has 6 heteroatoms. The van der Waals surface area contributed by atoms with Gasteiger partial charge in [0.15, 0.2) is 0 Å². The number of likely N-dealkylation sites (tertiary alicyclic amines) is 1. The second-order valence-electron chi connectivity index (χ2n) is 6.13. The van der Waals surface area contributed by atoms with Gasteiger partial charge in [-0.15, -0.1) is 11.8 Å². The fourth-order valence-electron chi connectivity index (χ4n) is 2.94. The zero-order chi connectivity index (χ0) is 17.1. The molecule has 1 N–H and O–H groups in total. The van der Waals surface area contributed by atoms with Crippen LogP contribution in [0.2, 0.25) is 0 Å². The molecule has 0 saturated carbocycles. The van der Waals surface area contributed by atoms with Gasteiger partial charge in [0.25, 0.3) is 5.91 Å². The number of β-amino-alcohol motifs (C(OH)–C–C–N with tert-alkyl or cyclic N) is 1.